The van der Waals surface area contributed by atoms with Crippen LogP contribution < -0.4 is 10.6 Å². The van der Waals surface area contributed by atoms with E-state index in [1.807, 2.05) is 24.3 Å². The molecule has 2 aliphatic heterocycles. The van der Waals surface area contributed by atoms with Gasteiger partial charge in [0.05, 0.1) is 0 Å². The molecular formula is C25H25N3O5. The molecule has 2 atom stereocenters. The maximum absolute atomic E-state index is 12.9. The topological polar surface area (TPSA) is 105 Å². The van der Waals surface area contributed by atoms with Gasteiger partial charge in [0.25, 0.3) is 5.91 Å². The first-order valence-electron chi connectivity index (χ1n) is 11.2. The van der Waals surface area contributed by atoms with Crippen molar-refractivity contribution in [3.8, 4) is 0 Å². The Balaban J connectivity index is 1.15. The van der Waals surface area contributed by atoms with Crippen LogP contribution in [0, 0.1) is 0 Å². The van der Waals surface area contributed by atoms with E-state index in [0.717, 1.165) is 24.0 Å². The highest BCUT2D eigenvalue weighted by atomic mass is 16.5. The Kier molecular flexibility index (Phi) is 5.58. The van der Waals surface area contributed by atoms with Crippen molar-refractivity contribution >= 4 is 23.8 Å². The van der Waals surface area contributed by atoms with Crippen LogP contribution in [-0.4, -0.2) is 41.4 Å². The fraction of sp³-hybridized carbons (Fsp3) is 0.360. The third-order valence-corrected chi connectivity index (χ3v) is 6.70. The van der Waals surface area contributed by atoms with Gasteiger partial charge in [0.2, 0.25) is 11.8 Å². The molecule has 170 valence electrons. The van der Waals surface area contributed by atoms with E-state index in [4.69, 9.17) is 4.74 Å². The quantitative estimate of drug-likeness (QED) is 0.685. The Morgan fingerprint density at radius 2 is 1.91 bits per heavy atom. The fourth-order valence-electron chi connectivity index (χ4n) is 4.93. The van der Waals surface area contributed by atoms with Gasteiger partial charge in [-0.1, -0.05) is 36.4 Å². The number of alkyl carbamates (subject to hydrolysis) is 1. The second kappa shape index (κ2) is 8.69. The van der Waals surface area contributed by atoms with Crippen LogP contribution >= 0.6 is 0 Å². The normalized spacial score (nSPS) is 21.5. The van der Waals surface area contributed by atoms with Crippen molar-refractivity contribution in [3.05, 3.63) is 70.3 Å². The molecule has 33 heavy (non-hydrogen) atoms. The summed E-state index contributed by atoms with van der Waals surface area (Å²) in [5.41, 5.74) is 4.70. The lowest BCUT2D eigenvalue weighted by molar-refractivity contribution is -0.136. The summed E-state index contributed by atoms with van der Waals surface area (Å²) in [6.07, 6.45) is 2.04. The summed E-state index contributed by atoms with van der Waals surface area (Å²) in [6, 6.07) is 13.1. The molecule has 0 bridgehead atoms. The van der Waals surface area contributed by atoms with Crippen LogP contribution in [0.1, 0.15) is 57.8 Å². The summed E-state index contributed by atoms with van der Waals surface area (Å²) < 4.78 is 5.44. The molecule has 8 nitrogen and oxygen atoms in total. The zero-order valence-electron chi connectivity index (χ0n) is 18.1. The zero-order valence-corrected chi connectivity index (χ0v) is 18.1. The van der Waals surface area contributed by atoms with Crippen molar-refractivity contribution in [2.75, 3.05) is 6.61 Å². The molecule has 0 saturated carbocycles. The molecule has 3 aliphatic rings. The number of rotatable bonds is 5. The number of benzene rings is 2. The van der Waals surface area contributed by atoms with Crippen LogP contribution in [0.2, 0.25) is 0 Å². The second-order valence-corrected chi connectivity index (χ2v) is 8.78. The number of aryl methyl sites for hydroxylation is 1. The summed E-state index contributed by atoms with van der Waals surface area (Å²) >= 11 is 0. The number of fused-ring (bicyclic) bond motifs is 2. The van der Waals surface area contributed by atoms with Gasteiger partial charge < -0.3 is 15.0 Å². The van der Waals surface area contributed by atoms with Gasteiger partial charge in [0, 0.05) is 31.0 Å². The highest BCUT2D eigenvalue weighted by molar-refractivity contribution is 6.05. The van der Waals surface area contributed by atoms with Crippen molar-refractivity contribution in [3.63, 3.8) is 0 Å². The molecule has 2 unspecified atom stereocenters. The maximum atomic E-state index is 12.9. The summed E-state index contributed by atoms with van der Waals surface area (Å²) in [5.74, 6) is -0.744. The minimum atomic E-state index is -0.639. The van der Waals surface area contributed by atoms with E-state index in [0.29, 0.717) is 25.1 Å². The van der Waals surface area contributed by atoms with Crippen LogP contribution in [0.25, 0.3) is 0 Å². The summed E-state index contributed by atoms with van der Waals surface area (Å²) in [6.45, 7) is 0.907. The highest BCUT2D eigenvalue weighted by Gasteiger charge is 2.39. The predicted octanol–water partition coefficient (Wildman–Crippen LogP) is 2.40. The van der Waals surface area contributed by atoms with Crippen molar-refractivity contribution in [1.82, 2.24) is 15.5 Å². The average Bonchev–Trinajstić information content (AvgIpc) is 3.37. The SMILES string of the molecule is O=C1CCC(N2Cc3ccc(CNC(=O)OCC4CCc5ccccc54)cc3C2=O)C(=O)N1. The van der Waals surface area contributed by atoms with E-state index in [1.54, 1.807) is 6.07 Å². The van der Waals surface area contributed by atoms with Gasteiger partial charge in [-0.15, -0.1) is 0 Å². The zero-order chi connectivity index (χ0) is 22.9. The minimum absolute atomic E-state index is 0.222. The van der Waals surface area contributed by atoms with Gasteiger partial charge >= 0.3 is 6.09 Å². The predicted molar refractivity (Wildman–Crippen MR) is 118 cm³/mol. The van der Waals surface area contributed by atoms with Gasteiger partial charge in [-0.05, 0) is 47.6 Å². The Hall–Kier alpha value is -3.68. The standard InChI is InChI=1S/C25H25N3O5/c29-22-10-9-21(23(30)27-22)28-13-17-6-5-15(11-20(17)24(28)31)12-26-25(32)33-14-18-8-7-16-3-1-2-4-19(16)18/h1-6,11,18,21H,7-10,12-14H2,(H,26,32)(H,27,29,30). The maximum Gasteiger partial charge on any atom is 0.407 e. The molecule has 1 saturated heterocycles. The molecule has 0 spiro atoms. The molecule has 0 radical (unpaired) electrons. The lowest BCUT2D eigenvalue weighted by Gasteiger charge is -2.29. The van der Waals surface area contributed by atoms with Gasteiger partial charge in [-0.3, -0.25) is 19.7 Å². The van der Waals surface area contributed by atoms with Gasteiger partial charge in [-0.25, -0.2) is 4.79 Å². The van der Waals surface area contributed by atoms with Crippen molar-refractivity contribution in [2.45, 2.75) is 50.7 Å². The minimum Gasteiger partial charge on any atom is -0.449 e. The molecule has 5 rings (SSSR count). The van der Waals surface area contributed by atoms with E-state index in [9.17, 15) is 19.2 Å². The molecule has 2 aromatic rings. The number of imide groups is 1. The van der Waals surface area contributed by atoms with Gasteiger partial charge in [0.1, 0.15) is 12.6 Å². The largest absolute Gasteiger partial charge is 0.449 e. The molecule has 0 aromatic heterocycles. The number of carbonyl (C=O) groups is 4. The lowest BCUT2D eigenvalue weighted by Crippen LogP contribution is -2.52. The van der Waals surface area contributed by atoms with E-state index in [1.165, 1.54) is 16.0 Å². The van der Waals surface area contributed by atoms with Crippen molar-refractivity contribution in [1.29, 1.82) is 0 Å². The Labute approximate surface area is 191 Å². The number of nitrogens with zero attached hydrogens (tertiary/aromatic N) is 1. The first-order chi connectivity index (χ1) is 16.0. The number of carbonyl (C=O) groups excluding carboxylic acids is 4. The Bertz CT molecular complexity index is 1140. The second-order valence-electron chi connectivity index (χ2n) is 8.78. The highest BCUT2D eigenvalue weighted by Crippen LogP contribution is 2.33. The average molecular weight is 447 g/mol. The van der Waals surface area contributed by atoms with E-state index >= 15 is 0 Å². The van der Waals surface area contributed by atoms with Gasteiger partial charge in [0.15, 0.2) is 0 Å². The van der Waals surface area contributed by atoms with Crippen LogP contribution in [0.5, 0.6) is 0 Å². The molecule has 2 aromatic carbocycles. The number of piperidine rings is 1. The van der Waals surface area contributed by atoms with Crippen molar-refractivity contribution < 1.29 is 23.9 Å². The van der Waals surface area contributed by atoms with E-state index < -0.39 is 18.0 Å². The number of ether oxygens (including phenoxy) is 1. The first-order valence-corrected chi connectivity index (χ1v) is 11.2. The first kappa shape index (κ1) is 21.2. The van der Waals surface area contributed by atoms with E-state index in [-0.39, 0.29) is 30.7 Å². The third kappa shape index (κ3) is 4.20. The van der Waals surface area contributed by atoms with Crippen LogP contribution in [0.15, 0.2) is 42.5 Å². The lowest BCUT2D eigenvalue weighted by atomic mass is 10.0. The smallest absolute Gasteiger partial charge is 0.407 e. The molecule has 2 N–H and O–H groups in total. The van der Waals surface area contributed by atoms with Crippen molar-refractivity contribution in [2.24, 2.45) is 0 Å². The van der Waals surface area contributed by atoms with E-state index in [2.05, 4.69) is 22.8 Å². The molecule has 1 fully saturated rings. The Morgan fingerprint density at radius 1 is 1.06 bits per heavy atom. The van der Waals surface area contributed by atoms with Crippen LogP contribution in [-0.2, 0) is 33.8 Å². The number of nitrogens with one attached hydrogen (secondary N) is 2. The third-order valence-electron chi connectivity index (χ3n) is 6.70. The number of hydrogen-bond acceptors (Lipinski definition) is 5. The Morgan fingerprint density at radius 3 is 2.76 bits per heavy atom. The molecule has 1 aliphatic carbocycles. The van der Waals surface area contributed by atoms with Crippen LogP contribution in [0.4, 0.5) is 4.79 Å². The molecule has 2 heterocycles. The summed E-state index contributed by atoms with van der Waals surface area (Å²) in [4.78, 5) is 50.2. The molecule has 8 heteroatoms. The summed E-state index contributed by atoms with van der Waals surface area (Å²) in [5, 5.41) is 5.05. The van der Waals surface area contributed by atoms with Gasteiger partial charge in [-0.2, -0.15) is 0 Å². The van der Waals surface area contributed by atoms with Crippen LogP contribution in [0.3, 0.4) is 0 Å². The molecular weight excluding hydrogens is 422 g/mol. The molecule has 4 amide bonds. The number of amides is 4. The fourth-order valence-corrected chi connectivity index (χ4v) is 4.93. The summed E-state index contributed by atoms with van der Waals surface area (Å²) in [7, 11) is 0. The number of hydrogen-bond donors (Lipinski definition) is 2. The monoisotopic (exact) mass is 447 g/mol.